The van der Waals surface area contributed by atoms with E-state index >= 15 is 0 Å². The Balaban J connectivity index is 2.08. The minimum atomic E-state index is -0.394. The minimum absolute atomic E-state index is 0.104. The van der Waals surface area contributed by atoms with E-state index in [0.717, 1.165) is 11.1 Å². The third-order valence-electron chi connectivity index (χ3n) is 3.00. The number of hydrogen-bond donors (Lipinski definition) is 2. The number of aromatic nitrogens is 2. The van der Waals surface area contributed by atoms with Crippen LogP contribution in [0.25, 0.3) is 0 Å². The molecule has 2 N–H and O–H groups in total. The van der Waals surface area contributed by atoms with Crippen LogP contribution in [0.3, 0.4) is 0 Å². The van der Waals surface area contributed by atoms with Crippen LogP contribution in [0.1, 0.15) is 16.7 Å². The third kappa shape index (κ3) is 4.06. The molecule has 7 heteroatoms. The Hall–Kier alpha value is -1.37. The second kappa shape index (κ2) is 7.06. The number of aliphatic hydroxyl groups excluding tert-OH is 1. The summed E-state index contributed by atoms with van der Waals surface area (Å²) < 4.78 is 1.15. The first-order chi connectivity index (χ1) is 10.0. The van der Waals surface area contributed by atoms with E-state index < -0.39 is 5.56 Å². The maximum absolute atomic E-state index is 11.9. The van der Waals surface area contributed by atoms with Crippen LogP contribution >= 0.6 is 22.9 Å². The summed E-state index contributed by atoms with van der Waals surface area (Å²) in [5.41, 5.74) is 0.131. The van der Waals surface area contributed by atoms with Crippen molar-refractivity contribution in [2.75, 3.05) is 11.9 Å². The molecule has 0 bridgehead atoms. The molecular weight excluding hydrogens is 310 g/mol. The van der Waals surface area contributed by atoms with Crippen LogP contribution in [0, 0.1) is 6.92 Å². The van der Waals surface area contributed by atoms with Gasteiger partial charge in [0.15, 0.2) is 0 Å². The van der Waals surface area contributed by atoms with Gasteiger partial charge in [0.25, 0.3) is 5.56 Å². The number of rotatable bonds is 6. The molecule has 2 aromatic heterocycles. The molecule has 5 nitrogen and oxygen atoms in total. The summed E-state index contributed by atoms with van der Waals surface area (Å²) in [5.74, 6) is 0. The lowest BCUT2D eigenvalue weighted by atomic mass is 10.2. The summed E-state index contributed by atoms with van der Waals surface area (Å²) in [6.45, 7) is 4.10. The zero-order chi connectivity index (χ0) is 15.4. The molecule has 0 aliphatic carbocycles. The summed E-state index contributed by atoms with van der Waals surface area (Å²) in [5, 5.41) is 16.2. The summed E-state index contributed by atoms with van der Waals surface area (Å²) in [6, 6.07) is 4.34. The molecule has 0 saturated carbocycles. The SMILES string of the molecule is Cc1ccc(CC(C)Nc2cnn(CCO)c(=O)c2Cl)s1. The van der Waals surface area contributed by atoms with E-state index in [9.17, 15) is 4.79 Å². The third-order valence-corrected chi connectivity index (χ3v) is 4.39. The van der Waals surface area contributed by atoms with Gasteiger partial charge in [0.1, 0.15) is 5.02 Å². The highest BCUT2D eigenvalue weighted by atomic mass is 35.5. The molecule has 0 aliphatic heterocycles. The van der Waals surface area contributed by atoms with Gasteiger partial charge < -0.3 is 10.4 Å². The van der Waals surface area contributed by atoms with Gasteiger partial charge in [-0.25, -0.2) is 4.68 Å². The standard InChI is InChI=1S/C14H18ClN3O2S/c1-9(7-11-4-3-10(2)21-11)17-12-8-16-18(5-6-19)14(20)13(12)15/h3-4,8-9,17,19H,5-7H2,1-2H3. The second-order valence-electron chi connectivity index (χ2n) is 4.89. The van der Waals surface area contributed by atoms with Crippen molar-refractivity contribution in [3.05, 3.63) is 43.5 Å². The lowest BCUT2D eigenvalue weighted by molar-refractivity contribution is 0.266. The normalized spacial score (nSPS) is 12.4. The van der Waals surface area contributed by atoms with E-state index in [1.165, 1.54) is 16.0 Å². The zero-order valence-electron chi connectivity index (χ0n) is 12.0. The first-order valence-corrected chi connectivity index (χ1v) is 7.89. The van der Waals surface area contributed by atoms with Gasteiger partial charge in [-0.3, -0.25) is 4.79 Å². The number of hydrogen-bond acceptors (Lipinski definition) is 5. The average Bonchev–Trinajstić information content (AvgIpc) is 2.84. The van der Waals surface area contributed by atoms with E-state index in [4.69, 9.17) is 16.7 Å². The Labute approximate surface area is 132 Å². The second-order valence-corrected chi connectivity index (χ2v) is 6.64. The van der Waals surface area contributed by atoms with Gasteiger partial charge in [-0.05, 0) is 26.0 Å². The number of nitrogens with one attached hydrogen (secondary N) is 1. The fraction of sp³-hybridized carbons (Fsp3) is 0.429. The van der Waals surface area contributed by atoms with Crippen molar-refractivity contribution < 1.29 is 5.11 Å². The molecule has 2 heterocycles. The van der Waals surface area contributed by atoms with Gasteiger partial charge in [-0.1, -0.05) is 11.6 Å². The van der Waals surface area contributed by atoms with Crippen molar-refractivity contribution in [3.63, 3.8) is 0 Å². The summed E-state index contributed by atoms with van der Waals surface area (Å²) >= 11 is 7.83. The Morgan fingerprint density at radius 1 is 1.52 bits per heavy atom. The van der Waals surface area contributed by atoms with Crippen molar-refractivity contribution in [3.8, 4) is 0 Å². The van der Waals surface area contributed by atoms with Gasteiger partial charge in [-0.15, -0.1) is 11.3 Å². The summed E-state index contributed by atoms with van der Waals surface area (Å²) in [7, 11) is 0. The fourth-order valence-electron chi connectivity index (χ4n) is 2.03. The molecule has 0 fully saturated rings. The van der Waals surface area contributed by atoms with E-state index in [2.05, 4.69) is 29.5 Å². The van der Waals surface area contributed by atoms with Crippen molar-refractivity contribution in [2.45, 2.75) is 32.9 Å². The van der Waals surface area contributed by atoms with Gasteiger partial charge >= 0.3 is 0 Å². The average molecular weight is 328 g/mol. The Morgan fingerprint density at radius 3 is 2.90 bits per heavy atom. The van der Waals surface area contributed by atoms with Gasteiger partial charge in [0.2, 0.25) is 0 Å². The summed E-state index contributed by atoms with van der Waals surface area (Å²) in [4.78, 5) is 14.5. The molecule has 21 heavy (non-hydrogen) atoms. The number of aliphatic hydroxyl groups is 1. The van der Waals surface area contributed by atoms with Crippen LogP contribution < -0.4 is 10.9 Å². The number of nitrogens with zero attached hydrogens (tertiary/aromatic N) is 2. The molecule has 114 valence electrons. The highest BCUT2D eigenvalue weighted by Crippen LogP contribution is 2.20. The van der Waals surface area contributed by atoms with E-state index in [1.54, 1.807) is 11.3 Å². The van der Waals surface area contributed by atoms with E-state index in [0.29, 0.717) is 5.69 Å². The highest BCUT2D eigenvalue weighted by molar-refractivity contribution is 7.11. The summed E-state index contributed by atoms with van der Waals surface area (Å²) in [6.07, 6.45) is 2.38. The topological polar surface area (TPSA) is 67.2 Å². The largest absolute Gasteiger partial charge is 0.394 e. The Bertz CT molecular complexity index is 668. The smallest absolute Gasteiger partial charge is 0.287 e. The monoisotopic (exact) mass is 327 g/mol. The fourth-order valence-corrected chi connectivity index (χ4v) is 3.25. The van der Waals surface area contributed by atoms with E-state index in [1.807, 2.05) is 6.92 Å². The molecule has 1 unspecified atom stereocenters. The molecule has 2 aromatic rings. The van der Waals surface area contributed by atoms with Crippen molar-refractivity contribution in [1.29, 1.82) is 0 Å². The lowest BCUT2D eigenvalue weighted by Crippen LogP contribution is -2.27. The Morgan fingerprint density at radius 2 is 2.29 bits per heavy atom. The zero-order valence-corrected chi connectivity index (χ0v) is 13.5. The molecule has 0 aromatic carbocycles. The van der Waals surface area contributed by atoms with Crippen LogP contribution in [0.4, 0.5) is 5.69 Å². The number of halogens is 1. The van der Waals surface area contributed by atoms with E-state index in [-0.39, 0.29) is 24.2 Å². The molecular formula is C14H18ClN3O2S. The Kier molecular flexibility index (Phi) is 5.39. The highest BCUT2D eigenvalue weighted by Gasteiger charge is 2.12. The predicted octanol–water partition coefficient (Wildman–Crippen LogP) is 2.30. The predicted molar refractivity (Wildman–Crippen MR) is 86.4 cm³/mol. The van der Waals surface area contributed by atoms with Gasteiger partial charge in [-0.2, -0.15) is 5.10 Å². The first kappa shape index (κ1) is 16.0. The van der Waals surface area contributed by atoms with Crippen LogP contribution in [-0.2, 0) is 13.0 Å². The van der Waals surface area contributed by atoms with Crippen LogP contribution in [0.15, 0.2) is 23.1 Å². The molecule has 0 radical (unpaired) electrons. The van der Waals surface area contributed by atoms with Gasteiger partial charge in [0.05, 0.1) is 25.0 Å². The molecule has 0 spiro atoms. The maximum Gasteiger partial charge on any atom is 0.287 e. The van der Waals surface area contributed by atoms with Gasteiger partial charge in [0, 0.05) is 22.2 Å². The molecule has 1 atom stereocenters. The van der Waals surface area contributed by atoms with Crippen LogP contribution in [0.2, 0.25) is 5.02 Å². The number of thiophene rings is 1. The van der Waals surface area contributed by atoms with Crippen LogP contribution in [-0.4, -0.2) is 27.5 Å². The lowest BCUT2D eigenvalue weighted by Gasteiger charge is -2.15. The number of aryl methyl sites for hydroxylation is 1. The first-order valence-electron chi connectivity index (χ1n) is 6.69. The molecule has 0 amide bonds. The number of anilines is 1. The van der Waals surface area contributed by atoms with Crippen molar-refractivity contribution in [2.24, 2.45) is 0 Å². The molecule has 0 saturated heterocycles. The quantitative estimate of drug-likeness (QED) is 0.854. The molecule has 0 aliphatic rings. The molecule has 2 rings (SSSR count). The minimum Gasteiger partial charge on any atom is -0.394 e. The van der Waals surface area contributed by atoms with Crippen LogP contribution in [0.5, 0.6) is 0 Å². The maximum atomic E-state index is 11.9. The van der Waals surface area contributed by atoms with Crippen molar-refractivity contribution >= 4 is 28.6 Å². The van der Waals surface area contributed by atoms with Crippen molar-refractivity contribution in [1.82, 2.24) is 9.78 Å².